The average molecular weight is 556 g/mol. The molecule has 28 heavy (non-hydrogen) atoms. The van der Waals surface area contributed by atoms with Gasteiger partial charge in [0.05, 0.1) is 19.3 Å². The number of aliphatic carboxylic acids is 3. The number of carboxylic acids is 3. The Balaban J connectivity index is -0.000000152. The monoisotopic (exact) mass is 556 g/mol. The Morgan fingerprint density at radius 3 is 0.643 bits per heavy atom. The van der Waals surface area contributed by atoms with E-state index in [1.165, 1.54) is 0 Å². The molecule has 0 saturated heterocycles. The number of hydrogen-bond donors (Lipinski definition) is 0. The summed E-state index contributed by atoms with van der Waals surface area (Å²) >= 11 is 0. The summed E-state index contributed by atoms with van der Waals surface area (Å²) < 4.78 is 0. The summed E-state index contributed by atoms with van der Waals surface area (Å²) in [5.41, 5.74) is 0. The van der Waals surface area contributed by atoms with E-state index in [0.29, 0.717) is 0 Å². The number of Topliss-reactive ketones (excluding diaryl/α,β-unsaturated/α-hetero) is 6. The van der Waals surface area contributed by atoms with Gasteiger partial charge in [-0.1, -0.05) is 0 Å². The number of hydrogen-bond acceptors (Lipinski definition) is 12. The third kappa shape index (κ3) is 25.9. The van der Waals surface area contributed by atoms with E-state index in [0.717, 1.165) is 20.8 Å². The fraction of sp³-hybridized carbons (Fsp3) is 0.400. The third-order valence-electron chi connectivity index (χ3n) is 1.91. The van der Waals surface area contributed by atoms with Gasteiger partial charge in [0.15, 0.2) is 17.3 Å². The van der Waals surface area contributed by atoms with Crippen molar-refractivity contribution in [2.45, 2.75) is 40.0 Å². The molecule has 0 aliphatic rings. The van der Waals surface area contributed by atoms with Crippen molar-refractivity contribution < 1.29 is 95.3 Å². The van der Waals surface area contributed by atoms with Gasteiger partial charge in [0.1, 0.15) is 35.3 Å². The molecule has 0 atom stereocenters. The van der Waals surface area contributed by atoms with Crippen LogP contribution >= 0.6 is 0 Å². The standard InChI is InChI=1S/3C5H6O4.Tm/c3*1-3(6)2-4(7)5(8)9;/h3*2H2,1H3,(H,8,9);/q;;;+3/p-3. The Morgan fingerprint density at radius 1 is 0.464 bits per heavy atom. The molecule has 0 saturated carbocycles. The van der Waals surface area contributed by atoms with Crippen LogP contribution in [0.1, 0.15) is 40.0 Å². The largest absolute Gasteiger partial charge is 3.00 e. The molecule has 0 aromatic heterocycles. The minimum absolute atomic E-state index is 0. The van der Waals surface area contributed by atoms with Crippen LogP contribution < -0.4 is 15.3 Å². The van der Waals surface area contributed by atoms with Gasteiger partial charge in [-0.15, -0.1) is 0 Å². The first-order valence-electron chi connectivity index (χ1n) is 6.82. The Labute approximate surface area is 187 Å². The molecule has 0 amide bonds. The molecule has 0 radical (unpaired) electrons. The third-order valence-corrected chi connectivity index (χ3v) is 1.91. The molecule has 0 fully saturated rings. The summed E-state index contributed by atoms with van der Waals surface area (Å²) in [5.74, 6) is -10.3. The second-order valence-electron chi connectivity index (χ2n) is 4.77. The van der Waals surface area contributed by atoms with E-state index in [2.05, 4.69) is 0 Å². The predicted molar refractivity (Wildman–Crippen MR) is 75.9 cm³/mol. The number of rotatable bonds is 9. The molecule has 160 valence electrons. The van der Waals surface area contributed by atoms with E-state index in [9.17, 15) is 58.5 Å². The molecule has 0 aliphatic heterocycles. The molecule has 0 spiro atoms. The van der Waals surface area contributed by atoms with Crippen LogP contribution in [0.3, 0.4) is 0 Å². The topological polar surface area (TPSA) is 223 Å². The number of carbonyl (C=O) groups excluding carboxylic acids is 9. The zero-order valence-corrected chi connectivity index (χ0v) is 16.6. The number of carbonyl (C=O) groups is 9. The number of ketones is 6. The van der Waals surface area contributed by atoms with Gasteiger partial charge < -0.3 is 29.7 Å². The molecule has 0 rings (SSSR count). The Morgan fingerprint density at radius 2 is 0.607 bits per heavy atom. The second-order valence-corrected chi connectivity index (χ2v) is 4.77. The Bertz CT molecular complexity index is 572. The van der Waals surface area contributed by atoms with E-state index < -0.39 is 71.9 Å². The van der Waals surface area contributed by atoms with E-state index in [4.69, 9.17) is 0 Å². The first kappa shape index (κ1) is 33.3. The van der Waals surface area contributed by atoms with Gasteiger partial charge in [-0.3, -0.25) is 28.8 Å². The minimum atomic E-state index is -1.80. The van der Waals surface area contributed by atoms with Crippen LogP contribution in [0.25, 0.3) is 0 Å². The number of carboxylic acid groups (broad SMARTS) is 3. The normalized spacial score (nSPS) is 8.25. The first-order valence-corrected chi connectivity index (χ1v) is 6.82. The van der Waals surface area contributed by atoms with Crippen molar-refractivity contribution in [2.75, 3.05) is 0 Å². The molecule has 13 heteroatoms. The van der Waals surface area contributed by atoms with Gasteiger partial charge >= 0.3 is 36.9 Å². The molecular formula is C15H15O12Tm. The van der Waals surface area contributed by atoms with Crippen molar-refractivity contribution in [3.8, 4) is 0 Å². The summed E-state index contributed by atoms with van der Waals surface area (Å²) in [6, 6.07) is 0. The maximum absolute atomic E-state index is 10.1. The summed E-state index contributed by atoms with van der Waals surface area (Å²) in [4.78, 5) is 89.2. The van der Waals surface area contributed by atoms with Crippen molar-refractivity contribution in [1.82, 2.24) is 0 Å². The van der Waals surface area contributed by atoms with Crippen LogP contribution in [0, 0.1) is 36.9 Å². The van der Waals surface area contributed by atoms with Crippen LogP contribution in [0.2, 0.25) is 0 Å². The average Bonchev–Trinajstić information content (AvgIpc) is 2.46. The zero-order valence-electron chi connectivity index (χ0n) is 14.8. The Hall–Kier alpha value is -2.34. The molecule has 0 unspecified atom stereocenters. The molecular weight excluding hydrogens is 541 g/mol. The molecule has 0 aromatic carbocycles. The zero-order chi connectivity index (χ0) is 22.3. The van der Waals surface area contributed by atoms with E-state index in [1.54, 1.807) is 0 Å². The van der Waals surface area contributed by atoms with Crippen LogP contribution in [0.5, 0.6) is 0 Å². The molecule has 12 nitrogen and oxygen atoms in total. The van der Waals surface area contributed by atoms with Gasteiger partial charge in [0.25, 0.3) is 0 Å². The SMILES string of the molecule is CC(=O)CC(=O)C(=O)[O-].CC(=O)CC(=O)C(=O)[O-].CC(=O)CC(=O)C(=O)[O-].[Tm+3]. The van der Waals surface area contributed by atoms with Crippen LogP contribution in [-0.4, -0.2) is 52.6 Å². The quantitative estimate of drug-likeness (QED) is 0.192. The van der Waals surface area contributed by atoms with Gasteiger partial charge in [0.2, 0.25) is 0 Å². The van der Waals surface area contributed by atoms with Crippen LogP contribution in [0.4, 0.5) is 0 Å². The summed E-state index contributed by atoms with van der Waals surface area (Å²) in [7, 11) is 0. The fourth-order valence-corrected chi connectivity index (χ4v) is 0.895. The van der Waals surface area contributed by atoms with Gasteiger partial charge in [-0.05, 0) is 20.8 Å². The van der Waals surface area contributed by atoms with Crippen LogP contribution in [-0.2, 0) is 43.2 Å². The van der Waals surface area contributed by atoms with Gasteiger partial charge in [-0.25, -0.2) is 0 Å². The first-order chi connectivity index (χ1) is 12.1. The van der Waals surface area contributed by atoms with Gasteiger partial charge in [-0.2, -0.15) is 0 Å². The van der Waals surface area contributed by atoms with Crippen molar-refractivity contribution >= 4 is 52.6 Å². The summed E-state index contributed by atoms with van der Waals surface area (Å²) in [6.07, 6.45) is -1.70. The second kappa shape index (κ2) is 18.0. The van der Waals surface area contributed by atoms with Crippen LogP contribution in [0.15, 0.2) is 0 Å². The van der Waals surface area contributed by atoms with E-state index in [-0.39, 0.29) is 36.9 Å². The molecule has 0 N–H and O–H groups in total. The summed E-state index contributed by atoms with van der Waals surface area (Å²) in [6.45, 7) is 3.42. The predicted octanol–water partition coefficient (Wildman–Crippen LogP) is -5.15. The minimum Gasteiger partial charge on any atom is -0.542 e. The molecule has 0 bridgehead atoms. The van der Waals surface area contributed by atoms with Crippen molar-refractivity contribution in [3.05, 3.63) is 0 Å². The maximum Gasteiger partial charge on any atom is 3.00 e. The van der Waals surface area contributed by atoms with E-state index in [1.807, 2.05) is 0 Å². The molecule has 0 aromatic rings. The molecule has 0 heterocycles. The van der Waals surface area contributed by atoms with Gasteiger partial charge in [0, 0.05) is 0 Å². The van der Waals surface area contributed by atoms with E-state index >= 15 is 0 Å². The van der Waals surface area contributed by atoms with Crippen molar-refractivity contribution in [1.29, 1.82) is 0 Å². The van der Waals surface area contributed by atoms with Crippen molar-refractivity contribution in [2.24, 2.45) is 0 Å². The smallest absolute Gasteiger partial charge is 0.542 e. The molecule has 0 aliphatic carbocycles. The fourth-order valence-electron chi connectivity index (χ4n) is 0.895. The Kier molecular flexibility index (Phi) is 21.4. The van der Waals surface area contributed by atoms with Crippen molar-refractivity contribution in [3.63, 3.8) is 0 Å². The summed E-state index contributed by atoms with van der Waals surface area (Å²) in [5, 5.41) is 28.9. The maximum atomic E-state index is 10.1.